The van der Waals surface area contributed by atoms with Crippen molar-refractivity contribution in [2.24, 2.45) is 0 Å². The van der Waals surface area contributed by atoms with Crippen LogP contribution in [0, 0.1) is 0 Å². The van der Waals surface area contributed by atoms with Gasteiger partial charge in [0.2, 0.25) is 0 Å². The quantitative estimate of drug-likeness (QED) is 0.516. The van der Waals surface area contributed by atoms with Gasteiger partial charge in [0.25, 0.3) is 0 Å². The molecule has 128 valence electrons. The number of nitrogens with one attached hydrogen (secondary N) is 1. The van der Waals surface area contributed by atoms with Crippen molar-refractivity contribution >= 4 is 16.7 Å². The standard InChI is InChI=1S/C21H17N3O2/c25-17-8-2-1-7-15(17)20(24-18-9-3-4-12-22-18)16-11-10-14-6-5-13-23-19(14)21(16)26/h1-13,20,25-26H,(H,22,24)/t20-/m1/s1. The molecule has 0 unspecified atom stereocenters. The maximum Gasteiger partial charge on any atom is 0.147 e. The summed E-state index contributed by atoms with van der Waals surface area (Å²) in [5.41, 5.74) is 1.78. The van der Waals surface area contributed by atoms with Crippen LogP contribution >= 0.6 is 0 Å². The lowest BCUT2D eigenvalue weighted by Crippen LogP contribution is -2.14. The third-order valence-electron chi connectivity index (χ3n) is 4.29. The summed E-state index contributed by atoms with van der Waals surface area (Å²) in [4.78, 5) is 8.59. The van der Waals surface area contributed by atoms with Gasteiger partial charge in [0.1, 0.15) is 22.8 Å². The summed E-state index contributed by atoms with van der Waals surface area (Å²) in [5, 5.41) is 25.4. The van der Waals surface area contributed by atoms with Gasteiger partial charge in [0, 0.05) is 28.9 Å². The molecule has 26 heavy (non-hydrogen) atoms. The van der Waals surface area contributed by atoms with Crippen LogP contribution in [0.15, 0.2) is 79.1 Å². The highest BCUT2D eigenvalue weighted by atomic mass is 16.3. The van der Waals surface area contributed by atoms with Crippen molar-refractivity contribution in [3.63, 3.8) is 0 Å². The molecule has 3 N–H and O–H groups in total. The molecule has 5 heteroatoms. The Morgan fingerprint density at radius 2 is 1.54 bits per heavy atom. The van der Waals surface area contributed by atoms with Crippen molar-refractivity contribution in [1.82, 2.24) is 9.97 Å². The van der Waals surface area contributed by atoms with E-state index >= 15 is 0 Å². The van der Waals surface area contributed by atoms with Crippen LogP contribution in [-0.2, 0) is 0 Å². The summed E-state index contributed by atoms with van der Waals surface area (Å²) < 4.78 is 0. The topological polar surface area (TPSA) is 78.3 Å². The first kappa shape index (κ1) is 15.9. The van der Waals surface area contributed by atoms with Crippen LogP contribution in [0.1, 0.15) is 17.2 Å². The Morgan fingerprint density at radius 1 is 0.731 bits per heavy atom. The van der Waals surface area contributed by atoms with Crippen molar-refractivity contribution < 1.29 is 10.2 Å². The van der Waals surface area contributed by atoms with Gasteiger partial charge in [-0.25, -0.2) is 4.98 Å². The van der Waals surface area contributed by atoms with Gasteiger partial charge in [0.05, 0.1) is 6.04 Å². The zero-order chi connectivity index (χ0) is 17.9. The molecule has 0 aliphatic heterocycles. The highest BCUT2D eigenvalue weighted by Crippen LogP contribution is 2.38. The number of nitrogens with zero attached hydrogens (tertiary/aromatic N) is 2. The third kappa shape index (κ3) is 2.91. The van der Waals surface area contributed by atoms with Gasteiger partial charge in [-0.1, -0.05) is 42.5 Å². The Morgan fingerprint density at radius 3 is 2.35 bits per heavy atom. The van der Waals surface area contributed by atoms with Crippen molar-refractivity contribution in [2.45, 2.75) is 6.04 Å². The minimum Gasteiger partial charge on any atom is -0.508 e. The second-order valence-corrected chi connectivity index (χ2v) is 5.93. The van der Waals surface area contributed by atoms with E-state index < -0.39 is 6.04 Å². The van der Waals surface area contributed by atoms with E-state index in [9.17, 15) is 10.2 Å². The Hall–Kier alpha value is -3.60. The van der Waals surface area contributed by atoms with Crippen LogP contribution in [0.2, 0.25) is 0 Å². The van der Waals surface area contributed by atoms with Crippen LogP contribution in [0.5, 0.6) is 11.5 Å². The van der Waals surface area contributed by atoms with E-state index in [0.29, 0.717) is 22.5 Å². The third-order valence-corrected chi connectivity index (χ3v) is 4.29. The molecule has 0 saturated carbocycles. The fourth-order valence-corrected chi connectivity index (χ4v) is 3.03. The lowest BCUT2D eigenvalue weighted by atomic mass is 9.95. The van der Waals surface area contributed by atoms with Crippen LogP contribution in [0.4, 0.5) is 5.82 Å². The molecule has 0 amide bonds. The molecular formula is C21H17N3O2. The maximum absolute atomic E-state index is 10.8. The molecule has 2 aromatic heterocycles. The number of anilines is 1. The Kier molecular flexibility index (Phi) is 4.11. The largest absolute Gasteiger partial charge is 0.508 e. The molecule has 5 nitrogen and oxygen atoms in total. The Bertz CT molecular complexity index is 1050. The van der Waals surface area contributed by atoms with Crippen molar-refractivity contribution in [3.05, 3.63) is 90.3 Å². The number of fused-ring (bicyclic) bond motifs is 1. The first-order valence-electron chi connectivity index (χ1n) is 8.26. The number of phenols is 2. The molecule has 1 atom stereocenters. The number of rotatable bonds is 4. The van der Waals surface area contributed by atoms with E-state index in [1.54, 1.807) is 24.5 Å². The summed E-state index contributed by atoms with van der Waals surface area (Å²) >= 11 is 0. The Balaban J connectivity index is 1.88. The van der Waals surface area contributed by atoms with Gasteiger partial charge in [-0.3, -0.25) is 4.98 Å². The fourth-order valence-electron chi connectivity index (χ4n) is 3.03. The molecule has 0 spiro atoms. The van der Waals surface area contributed by atoms with Crippen LogP contribution in [0.25, 0.3) is 10.9 Å². The van der Waals surface area contributed by atoms with E-state index in [4.69, 9.17) is 0 Å². The zero-order valence-electron chi connectivity index (χ0n) is 13.9. The van der Waals surface area contributed by atoms with Crippen LogP contribution in [-0.4, -0.2) is 20.2 Å². The number of para-hydroxylation sites is 1. The summed E-state index contributed by atoms with van der Waals surface area (Å²) in [6.45, 7) is 0. The van der Waals surface area contributed by atoms with E-state index in [2.05, 4.69) is 15.3 Å². The highest BCUT2D eigenvalue weighted by molar-refractivity contribution is 5.86. The van der Waals surface area contributed by atoms with Crippen molar-refractivity contribution in [1.29, 1.82) is 0 Å². The molecule has 0 radical (unpaired) electrons. The number of aromatic hydroxyl groups is 2. The van der Waals surface area contributed by atoms with Crippen LogP contribution < -0.4 is 5.32 Å². The number of aromatic nitrogens is 2. The van der Waals surface area contributed by atoms with Crippen molar-refractivity contribution in [3.8, 4) is 11.5 Å². The summed E-state index contributed by atoms with van der Waals surface area (Å²) in [6, 6.07) is 19.6. The normalized spacial score (nSPS) is 12.0. The first-order chi connectivity index (χ1) is 12.7. The molecule has 2 aromatic carbocycles. The molecule has 0 fully saturated rings. The first-order valence-corrected chi connectivity index (χ1v) is 8.26. The minimum atomic E-state index is -0.488. The summed E-state index contributed by atoms with van der Waals surface area (Å²) in [6.07, 6.45) is 3.33. The predicted molar refractivity (Wildman–Crippen MR) is 101 cm³/mol. The minimum absolute atomic E-state index is 0.0831. The van der Waals surface area contributed by atoms with Gasteiger partial charge in [0.15, 0.2) is 0 Å². The van der Waals surface area contributed by atoms with E-state index in [1.165, 1.54) is 0 Å². The lowest BCUT2D eigenvalue weighted by molar-refractivity contribution is 0.460. The van der Waals surface area contributed by atoms with Gasteiger partial charge in [-0.15, -0.1) is 0 Å². The number of pyridine rings is 2. The molecule has 0 saturated heterocycles. The summed E-state index contributed by atoms with van der Waals surface area (Å²) in [7, 11) is 0. The predicted octanol–water partition coefficient (Wildman–Crippen LogP) is 4.24. The second-order valence-electron chi connectivity index (χ2n) is 5.93. The van der Waals surface area contributed by atoms with E-state index in [-0.39, 0.29) is 11.5 Å². The Labute approximate surface area is 150 Å². The van der Waals surface area contributed by atoms with Gasteiger partial charge < -0.3 is 15.5 Å². The second kappa shape index (κ2) is 6.72. The molecule has 0 aliphatic rings. The molecule has 4 rings (SSSR count). The number of hydrogen-bond acceptors (Lipinski definition) is 5. The van der Waals surface area contributed by atoms with Crippen LogP contribution in [0.3, 0.4) is 0 Å². The smallest absolute Gasteiger partial charge is 0.147 e. The maximum atomic E-state index is 10.8. The molecule has 0 bridgehead atoms. The fraction of sp³-hybridized carbons (Fsp3) is 0.0476. The number of benzene rings is 2. The average molecular weight is 343 g/mol. The molecular weight excluding hydrogens is 326 g/mol. The lowest BCUT2D eigenvalue weighted by Gasteiger charge is -2.22. The van der Waals surface area contributed by atoms with E-state index in [0.717, 1.165) is 5.39 Å². The molecule has 4 aromatic rings. The highest BCUT2D eigenvalue weighted by Gasteiger charge is 2.22. The number of phenolic OH excluding ortho intramolecular Hbond substituents is 2. The van der Waals surface area contributed by atoms with Gasteiger partial charge in [-0.05, 0) is 24.3 Å². The average Bonchev–Trinajstić information content (AvgIpc) is 2.68. The van der Waals surface area contributed by atoms with Crippen molar-refractivity contribution in [2.75, 3.05) is 5.32 Å². The molecule has 0 aliphatic carbocycles. The van der Waals surface area contributed by atoms with Gasteiger partial charge >= 0.3 is 0 Å². The SMILES string of the molecule is Oc1ccccc1[C@@H](Nc1ccccn1)c1ccc2cccnc2c1O. The van der Waals surface area contributed by atoms with Gasteiger partial charge in [-0.2, -0.15) is 0 Å². The molecule has 2 heterocycles. The summed E-state index contributed by atoms with van der Waals surface area (Å²) in [5.74, 6) is 0.863. The van der Waals surface area contributed by atoms with E-state index in [1.807, 2.05) is 54.6 Å². The monoisotopic (exact) mass is 343 g/mol. The zero-order valence-corrected chi connectivity index (χ0v) is 13.9. The number of hydrogen-bond donors (Lipinski definition) is 3.